The average molecular weight is 364 g/mol. The van der Waals surface area contributed by atoms with Crippen molar-refractivity contribution in [1.82, 2.24) is 15.3 Å². The minimum atomic E-state index is 0.0174. The zero-order chi connectivity index (χ0) is 18.0. The quantitative estimate of drug-likeness (QED) is 0.738. The highest BCUT2D eigenvalue weighted by Gasteiger charge is 2.23. The second-order valence-electron chi connectivity index (χ2n) is 7.43. The average Bonchev–Trinajstić information content (AvgIpc) is 2.91. The number of fused-ring (bicyclic) bond motifs is 3. The highest BCUT2D eigenvalue weighted by atomic mass is 32.1. The normalized spacial score (nSPS) is 18.7. The molecule has 0 aromatic carbocycles. The van der Waals surface area contributed by atoms with E-state index in [2.05, 4.69) is 17.2 Å². The first kappa shape index (κ1) is 18.5. The molecule has 1 aliphatic carbocycles. The Balaban J connectivity index is 1.71. The van der Waals surface area contributed by atoms with Gasteiger partial charge in [0.25, 0.3) is 5.56 Å². The molecule has 0 amide bonds. The topological polar surface area (TPSA) is 67.0 Å². The fourth-order valence-electron chi connectivity index (χ4n) is 3.38. The molecular formula is C19H29N3O2S. The molecule has 0 saturated heterocycles. The maximum Gasteiger partial charge on any atom is 0.259 e. The number of H-pyrrole nitrogens is 1. The van der Waals surface area contributed by atoms with Crippen LogP contribution in [0.15, 0.2) is 4.79 Å². The molecule has 0 spiro atoms. The first-order valence-electron chi connectivity index (χ1n) is 9.35. The Morgan fingerprint density at radius 2 is 2.20 bits per heavy atom. The van der Waals surface area contributed by atoms with E-state index in [1.807, 2.05) is 20.8 Å². The van der Waals surface area contributed by atoms with Crippen LogP contribution >= 0.6 is 11.3 Å². The number of ether oxygens (including phenoxy) is 1. The van der Waals surface area contributed by atoms with Gasteiger partial charge in [0.1, 0.15) is 10.7 Å². The van der Waals surface area contributed by atoms with E-state index in [0.29, 0.717) is 5.92 Å². The van der Waals surface area contributed by atoms with E-state index in [1.54, 1.807) is 11.3 Å². The summed E-state index contributed by atoms with van der Waals surface area (Å²) in [4.78, 5) is 22.7. The van der Waals surface area contributed by atoms with Gasteiger partial charge in [0.05, 0.1) is 17.5 Å². The van der Waals surface area contributed by atoms with Gasteiger partial charge in [-0.05, 0) is 64.5 Å². The van der Waals surface area contributed by atoms with Gasteiger partial charge >= 0.3 is 0 Å². The number of nitrogens with zero attached hydrogens (tertiary/aromatic N) is 1. The minimum Gasteiger partial charge on any atom is -0.379 e. The van der Waals surface area contributed by atoms with Crippen molar-refractivity contribution < 1.29 is 4.74 Å². The number of aromatic nitrogens is 2. The molecule has 0 aliphatic heterocycles. The predicted octanol–water partition coefficient (Wildman–Crippen LogP) is 3.58. The molecule has 0 saturated carbocycles. The lowest BCUT2D eigenvalue weighted by atomic mass is 9.89. The van der Waals surface area contributed by atoms with Crippen LogP contribution in [0.25, 0.3) is 10.2 Å². The largest absolute Gasteiger partial charge is 0.379 e. The lowest BCUT2D eigenvalue weighted by Gasteiger charge is -2.17. The summed E-state index contributed by atoms with van der Waals surface area (Å²) < 4.78 is 5.55. The van der Waals surface area contributed by atoms with Gasteiger partial charge < -0.3 is 15.0 Å². The van der Waals surface area contributed by atoms with Gasteiger partial charge in [0.2, 0.25) is 0 Å². The fraction of sp³-hybridized carbons (Fsp3) is 0.684. The van der Waals surface area contributed by atoms with Crippen molar-refractivity contribution in [2.45, 2.75) is 65.5 Å². The summed E-state index contributed by atoms with van der Waals surface area (Å²) in [7, 11) is 0. The maximum absolute atomic E-state index is 12.6. The van der Waals surface area contributed by atoms with Crippen molar-refractivity contribution in [3.8, 4) is 0 Å². The molecule has 0 bridgehead atoms. The summed E-state index contributed by atoms with van der Waals surface area (Å²) in [6.45, 7) is 10.0. The van der Waals surface area contributed by atoms with Crippen molar-refractivity contribution in [3.63, 3.8) is 0 Å². The van der Waals surface area contributed by atoms with Crippen LogP contribution in [0.5, 0.6) is 0 Å². The molecule has 1 aliphatic rings. The van der Waals surface area contributed by atoms with E-state index < -0.39 is 0 Å². The molecule has 0 radical (unpaired) electrons. The zero-order valence-electron chi connectivity index (χ0n) is 15.6. The number of rotatable bonds is 7. The summed E-state index contributed by atoms with van der Waals surface area (Å²) >= 11 is 1.71. The molecule has 5 nitrogen and oxygen atoms in total. The lowest BCUT2D eigenvalue weighted by molar-refractivity contribution is 0.0767. The Bertz CT molecular complexity index is 781. The third kappa shape index (κ3) is 4.30. The highest BCUT2D eigenvalue weighted by Crippen LogP contribution is 2.35. The summed E-state index contributed by atoms with van der Waals surface area (Å²) in [5.41, 5.74) is 1.26. The van der Waals surface area contributed by atoms with Crippen LogP contribution in [0.4, 0.5) is 0 Å². The number of thiophene rings is 1. The first-order valence-corrected chi connectivity index (χ1v) is 10.2. The van der Waals surface area contributed by atoms with Crippen LogP contribution < -0.4 is 10.9 Å². The number of aromatic amines is 1. The van der Waals surface area contributed by atoms with E-state index in [4.69, 9.17) is 9.72 Å². The van der Waals surface area contributed by atoms with Gasteiger partial charge in [-0.3, -0.25) is 4.79 Å². The molecule has 2 unspecified atom stereocenters. The number of hydrogen-bond acceptors (Lipinski definition) is 5. The van der Waals surface area contributed by atoms with Gasteiger partial charge in [-0.1, -0.05) is 6.92 Å². The summed E-state index contributed by atoms with van der Waals surface area (Å²) in [5, 5.41) is 4.25. The SMILES string of the molecule is CC1CCc2c(sc3nc(C(C)NCCCOC(C)C)[nH]c(=O)c23)C1. The first-order chi connectivity index (χ1) is 12.0. The summed E-state index contributed by atoms with van der Waals surface area (Å²) in [6.07, 6.45) is 4.46. The third-order valence-electron chi connectivity index (χ3n) is 4.82. The second kappa shape index (κ2) is 7.98. The van der Waals surface area contributed by atoms with Gasteiger partial charge in [-0.2, -0.15) is 0 Å². The van der Waals surface area contributed by atoms with Crippen molar-refractivity contribution in [3.05, 3.63) is 26.6 Å². The molecule has 2 aromatic heterocycles. The van der Waals surface area contributed by atoms with E-state index in [0.717, 1.165) is 54.9 Å². The highest BCUT2D eigenvalue weighted by molar-refractivity contribution is 7.18. The van der Waals surface area contributed by atoms with Gasteiger partial charge in [-0.15, -0.1) is 11.3 Å². The molecule has 2 heterocycles. The van der Waals surface area contributed by atoms with E-state index in [9.17, 15) is 4.79 Å². The van der Waals surface area contributed by atoms with E-state index in [-0.39, 0.29) is 17.7 Å². The standard InChI is InChI=1S/C19H29N3O2S/c1-11(2)24-9-5-8-20-13(4)17-21-18(23)16-14-7-6-12(3)10-15(14)25-19(16)22-17/h11-13,20H,5-10H2,1-4H3,(H,21,22,23). The van der Waals surface area contributed by atoms with Gasteiger partial charge in [0, 0.05) is 11.5 Å². The molecular weight excluding hydrogens is 334 g/mol. The second-order valence-corrected chi connectivity index (χ2v) is 8.52. The maximum atomic E-state index is 12.6. The van der Waals surface area contributed by atoms with Gasteiger partial charge in [0.15, 0.2) is 0 Å². The molecule has 25 heavy (non-hydrogen) atoms. The molecule has 2 aromatic rings. The van der Waals surface area contributed by atoms with Crippen molar-refractivity contribution >= 4 is 21.6 Å². The molecule has 0 fully saturated rings. The van der Waals surface area contributed by atoms with Gasteiger partial charge in [-0.25, -0.2) is 4.98 Å². The Hall–Kier alpha value is -1.24. The summed E-state index contributed by atoms with van der Waals surface area (Å²) in [6, 6.07) is 0.0224. The van der Waals surface area contributed by atoms with Crippen LogP contribution in [-0.2, 0) is 17.6 Å². The summed E-state index contributed by atoms with van der Waals surface area (Å²) in [5.74, 6) is 1.43. The Morgan fingerprint density at radius 3 is 2.96 bits per heavy atom. The van der Waals surface area contributed by atoms with Crippen LogP contribution in [0.1, 0.15) is 62.8 Å². The lowest BCUT2D eigenvalue weighted by Crippen LogP contribution is -2.25. The molecule has 6 heteroatoms. The van der Waals surface area contributed by atoms with Crippen LogP contribution in [0.2, 0.25) is 0 Å². The monoisotopic (exact) mass is 363 g/mol. The number of aryl methyl sites for hydroxylation is 1. The molecule has 2 N–H and O–H groups in total. The Labute approximate surface area is 153 Å². The predicted molar refractivity (Wildman–Crippen MR) is 104 cm³/mol. The number of nitrogens with one attached hydrogen (secondary N) is 2. The van der Waals surface area contributed by atoms with Crippen molar-refractivity contribution in [1.29, 1.82) is 0 Å². The van der Waals surface area contributed by atoms with E-state index >= 15 is 0 Å². The Morgan fingerprint density at radius 1 is 1.40 bits per heavy atom. The smallest absolute Gasteiger partial charge is 0.259 e. The Kier molecular flexibility index (Phi) is 5.92. The molecule has 2 atom stereocenters. The van der Waals surface area contributed by atoms with Crippen molar-refractivity contribution in [2.75, 3.05) is 13.2 Å². The molecule has 3 rings (SSSR count). The fourth-order valence-corrected chi connectivity index (χ4v) is 4.77. The number of hydrogen-bond donors (Lipinski definition) is 2. The zero-order valence-corrected chi connectivity index (χ0v) is 16.5. The third-order valence-corrected chi connectivity index (χ3v) is 5.96. The van der Waals surface area contributed by atoms with Crippen LogP contribution in [0, 0.1) is 5.92 Å². The molecule has 138 valence electrons. The van der Waals surface area contributed by atoms with Crippen LogP contribution in [-0.4, -0.2) is 29.2 Å². The minimum absolute atomic E-state index is 0.0174. The van der Waals surface area contributed by atoms with E-state index in [1.165, 1.54) is 10.4 Å². The van der Waals surface area contributed by atoms with Crippen molar-refractivity contribution in [2.24, 2.45) is 5.92 Å². The van der Waals surface area contributed by atoms with Crippen LogP contribution in [0.3, 0.4) is 0 Å².